The minimum Gasteiger partial charge on any atom is -0.454 e. The first-order valence-corrected chi connectivity index (χ1v) is 9.46. The van der Waals surface area contributed by atoms with Gasteiger partial charge in [0.15, 0.2) is 11.5 Å². The van der Waals surface area contributed by atoms with Gasteiger partial charge in [0.05, 0.1) is 12.1 Å². The van der Waals surface area contributed by atoms with Crippen LogP contribution >= 0.6 is 11.3 Å². The van der Waals surface area contributed by atoms with Crippen molar-refractivity contribution in [1.29, 1.82) is 0 Å². The first kappa shape index (κ1) is 16.4. The summed E-state index contributed by atoms with van der Waals surface area (Å²) >= 11 is 1.65. The van der Waals surface area contributed by atoms with Crippen molar-refractivity contribution in [2.24, 2.45) is 5.92 Å². The summed E-state index contributed by atoms with van der Waals surface area (Å²) in [7, 11) is 0. The zero-order valence-electron chi connectivity index (χ0n) is 13.8. The predicted molar refractivity (Wildman–Crippen MR) is 94.8 cm³/mol. The largest absolute Gasteiger partial charge is 0.454 e. The minimum absolute atomic E-state index is 0.00709. The number of hydrogen-bond donors (Lipinski definition) is 2. The van der Waals surface area contributed by atoms with Crippen molar-refractivity contribution in [1.82, 2.24) is 5.32 Å². The molecule has 0 radical (unpaired) electrons. The van der Waals surface area contributed by atoms with E-state index >= 15 is 0 Å². The van der Waals surface area contributed by atoms with E-state index in [1.807, 2.05) is 29.6 Å². The van der Waals surface area contributed by atoms with Crippen LogP contribution in [0.5, 0.6) is 11.5 Å². The fourth-order valence-corrected chi connectivity index (χ4v) is 4.26. The molecule has 1 aliphatic carbocycles. The third-order valence-corrected chi connectivity index (χ3v) is 5.82. The molecule has 1 aromatic carbocycles. The van der Waals surface area contributed by atoms with E-state index in [1.54, 1.807) is 11.3 Å². The summed E-state index contributed by atoms with van der Waals surface area (Å²) in [5.74, 6) is 1.87. The number of ether oxygens (including phenoxy) is 2. The maximum Gasteiger partial charge on any atom is 0.231 e. The highest BCUT2D eigenvalue weighted by Crippen LogP contribution is 2.39. The van der Waals surface area contributed by atoms with Crippen molar-refractivity contribution in [3.8, 4) is 11.5 Å². The number of aliphatic hydroxyl groups excluding tert-OH is 1. The maximum atomic E-state index is 12.5. The molecule has 1 saturated carbocycles. The number of nitrogens with one attached hydrogen (secondary N) is 1. The fourth-order valence-electron chi connectivity index (χ4n) is 3.39. The molecule has 1 aliphatic heterocycles. The highest BCUT2D eigenvalue weighted by molar-refractivity contribution is 7.10. The van der Waals surface area contributed by atoms with Gasteiger partial charge in [-0.25, -0.2) is 0 Å². The Balaban J connectivity index is 1.35. The summed E-state index contributed by atoms with van der Waals surface area (Å²) < 4.78 is 10.7. The number of fused-ring (bicyclic) bond motifs is 1. The molecule has 2 aliphatic rings. The minimum atomic E-state index is -0.224. The molecule has 1 amide bonds. The van der Waals surface area contributed by atoms with Crippen LogP contribution in [0.1, 0.15) is 35.7 Å². The van der Waals surface area contributed by atoms with Crippen LogP contribution in [0, 0.1) is 5.92 Å². The van der Waals surface area contributed by atoms with Gasteiger partial charge in [-0.15, -0.1) is 11.3 Å². The number of amides is 1. The molecule has 0 saturated heterocycles. The summed E-state index contributed by atoms with van der Waals surface area (Å²) in [6.07, 6.45) is 2.37. The Morgan fingerprint density at radius 3 is 2.88 bits per heavy atom. The van der Waals surface area contributed by atoms with Crippen LogP contribution in [-0.4, -0.2) is 23.9 Å². The normalized spacial score (nSPS) is 22.3. The second-order valence-corrected chi connectivity index (χ2v) is 7.61. The summed E-state index contributed by atoms with van der Waals surface area (Å²) in [4.78, 5) is 13.6. The number of aryl methyl sites for hydroxylation is 1. The zero-order valence-corrected chi connectivity index (χ0v) is 14.6. The van der Waals surface area contributed by atoms with Crippen LogP contribution in [0.3, 0.4) is 0 Å². The van der Waals surface area contributed by atoms with Crippen LogP contribution in [0.4, 0.5) is 0 Å². The number of carbonyl (C=O) groups excluding carboxylic acids is 1. The van der Waals surface area contributed by atoms with Gasteiger partial charge in [-0.05, 0) is 54.3 Å². The lowest BCUT2D eigenvalue weighted by atomic mass is 9.76. The average Bonchev–Trinajstić information content (AvgIpc) is 3.26. The molecule has 6 heteroatoms. The van der Waals surface area contributed by atoms with Gasteiger partial charge in [0, 0.05) is 11.3 Å². The quantitative estimate of drug-likeness (QED) is 0.832. The number of benzene rings is 1. The Morgan fingerprint density at radius 2 is 2.12 bits per heavy atom. The molecular weight excluding hydrogens is 338 g/mol. The molecule has 2 N–H and O–H groups in total. The van der Waals surface area contributed by atoms with E-state index in [0.29, 0.717) is 18.8 Å². The molecule has 0 bridgehead atoms. The molecule has 25 heavy (non-hydrogen) atoms. The zero-order chi connectivity index (χ0) is 17.2. The van der Waals surface area contributed by atoms with Crippen molar-refractivity contribution in [2.75, 3.05) is 6.79 Å². The van der Waals surface area contributed by atoms with Gasteiger partial charge < -0.3 is 19.9 Å². The molecule has 1 atom stereocenters. The summed E-state index contributed by atoms with van der Waals surface area (Å²) in [5.41, 5.74) is 1.06. The van der Waals surface area contributed by atoms with Gasteiger partial charge in [-0.1, -0.05) is 12.1 Å². The lowest BCUT2D eigenvalue weighted by Crippen LogP contribution is -2.41. The Labute approximate surface area is 150 Å². The van der Waals surface area contributed by atoms with Crippen LogP contribution in [-0.2, 0) is 11.2 Å². The number of carbonyl (C=O) groups is 1. The van der Waals surface area contributed by atoms with Crippen LogP contribution < -0.4 is 14.8 Å². The number of rotatable bonds is 6. The molecule has 2 aromatic rings. The van der Waals surface area contributed by atoms with Crippen molar-refractivity contribution in [3.05, 3.63) is 46.2 Å². The molecule has 5 nitrogen and oxygen atoms in total. The molecule has 2 heterocycles. The Morgan fingerprint density at radius 1 is 1.28 bits per heavy atom. The third kappa shape index (κ3) is 3.65. The lowest BCUT2D eigenvalue weighted by molar-refractivity contribution is -0.123. The Bertz CT molecular complexity index is 740. The highest BCUT2D eigenvalue weighted by Gasteiger charge is 2.36. The van der Waals surface area contributed by atoms with Crippen molar-refractivity contribution < 1.29 is 19.4 Å². The Hall–Kier alpha value is -2.05. The molecule has 1 aromatic heterocycles. The van der Waals surface area contributed by atoms with E-state index in [9.17, 15) is 9.90 Å². The van der Waals surface area contributed by atoms with E-state index in [0.717, 1.165) is 34.8 Å². The van der Waals surface area contributed by atoms with Crippen molar-refractivity contribution in [3.63, 3.8) is 0 Å². The first-order valence-electron chi connectivity index (χ1n) is 8.58. The predicted octanol–water partition coefficient (Wildman–Crippen LogP) is 3.04. The monoisotopic (exact) mass is 359 g/mol. The number of hydrogen-bond acceptors (Lipinski definition) is 5. The van der Waals surface area contributed by atoms with Crippen LogP contribution in [0.15, 0.2) is 35.7 Å². The van der Waals surface area contributed by atoms with Gasteiger partial charge in [0.1, 0.15) is 0 Å². The lowest BCUT2D eigenvalue weighted by Gasteiger charge is -2.37. The van der Waals surface area contributed by atoms with E-state index in [1.165, 1.54) is 0 Å². The van der Waals surface area contributed by atoms with Gasteiger partial charge in [-0.3, -0.25) is 4.79 Å². The van der Waals surface area contributed by atoms with E-state index in [2.05, 4.69) is 11.4 Å². The molecule has 0 spiro atoms. The Kier molecular flexibility index (Phi) is 4.63. The maximum absolute atomic E-state index is 12.5. The SMILES string of the molecule is O=C(CCc1ccc2c(c1)OCO2)N[C@@H](c1cccs1)C1CC(O)C1. The fraction of sp³-hybridized carbons (Fsp3) is 0.421. The van der Waals surface area contributed by atoms with E-state index in [4.69, 9.17) is 9.47 Å². The topological polar surface area (TPSA) is 67.8 Å². The summed E-state index contributed by atoms with van der Waals surface area (Å²) in [6, 6.07) is 9.86. The first-order chi connectivity index (χ1) is 12.2. The molecule has 0 unspecified atom stereocenters. The molecule has 4 rings (SSSR count). The second-order valence-electron chi connectivity index (χ2n) is 6.63. The van der Waals surface area contributed by atoms with E-state index < -0.39 is 0 Å². The van der Waals surface area contributed by atoms with Crippen LogP contribution in [0.2, 0.25) is 0 Å². The van der Waals surface area contributed by atoms with Crippen molar-refractivity contribution in [2.45, 2.75) is 37.8 Å². The second kappa shape index (κ2) is 7.06. The summed E-state index contributed by atoms with van der Waals surface area (Å²) in [5, 5.41) is 14.8. The molecule has 1 fully saturated rings. The van der Waals surface area contributed by atoms with E-state index in [-0.39, 0.29) is 24.8 Å². The van der Waals surface area contributed by atoms with Crippen LogP contribution in [0.25, 0.3) is 0 Å². The van der Waals surface area contributed by atoms with Crippen molar-refractivity contribution >= 4 is 17.2 Å². The third-order valence-electron chi connectivity index (χ3n) is 4.86. The van der Waals surface area contributed by atoms with Gasteiger partial charge >= 0.3 is 0 Å². The average molecular weight is 359 g/mol. The number of thiophene rings is 1. The van der Waals surface area contributed by atoms with Gasteiger partial charge in [0.2, 0.25) is 12.7 Å². The standard InChI is InChI=1S/C19H21NO4S/c21-14-9-13(10-14)19(17-2-1-7-25-17)20-18(22)6-4-12-3-5-15-16(8-12)24-11-23-15/h1-3,5,7-8,13-14,19,21H,4,6,9-11H2,(H,20,22)/t13?,14?,19-/m1/s1. The van der Waals surface area contributed by atoms with Gasteiger partial charge in [0.25, 0.3) is 0 Å². The smallest absolute Gasteiger partial charge is 0.231 e. The molecular formula is C19H21NO4S. The summed E-state index contributed by atoms with van der Waals surface area (Å²) in [6.45, 7) is 0.259. The molecule has 132 valence electrons. The number of aliphatic hydroxyl groups is 1. The highest BCUT2D eigenvalue weighted by atomic mass is 32.1. The van der Waals surface area contributed by atoms with Gasteiger partial charge in [-0.2, -0.15) is 0 Å².